The van der Waals surface area contributed by atoms with Gasteiger partial charge >= 0.3 is 0 Å². The average molecular weight is 402 g/mol. The van der Waals surface area contributed by atoms with Crippen LogP contribution in [0.3, 0.4) is 0 Å². The van der Waals surface area contributed by atoms with Gasteiger partial charge in [0.25, 0.3) is 0 Å². The Morgan fingerprint density at radius 2 is 2.00 bits per heavy atom. The van der Waals surface area contributed by atoms with Gasteiger partial charge in [-0.1, -0.05) is 59.7 Å². The Kier molecular flexibility index (Phi) is 5.30. The van der Waals surface area contributed by atoms with Crippen LogP contribution in [0, 0.1) is 4.64 Å². The molecule has 0 saturated heterocycles. The fraction of sp³-hybridized carbons (Fsp3) is 0.286. The van der Waals surface area contributed by atoms with Gasteiger partial charge in [-0.15, -0.1) is 0 Å². The van der Waals surface area contributed by atoms with E-state index in [1.807, 2.05) is 18.2 Å². The Morgan fingerprint density at radius 1 is 1.26 bits per heavy atom. The van der Waals surface area contributed by atoms with Gasteiger partial charge in [-0.3, -0.25) is 0 Å². The van der Waals surface area contributed by atoms with Gasteiger partial charge in [0.15, 0.2) is 0 Å². The first-order valence-electron chi connectivity index (χ1n) is 6.12. The molecule has 1 aromatic heterocycles. The van der Waals surface area contributed by atoms with E-state index in [4.69, 9.17) is 12.2 Å². The molecule has 0 aliphatic heterocycles. The predicted octanol–water partition coefficient (Wildman–Crippen LogP) is 5.21. The maximum atomic E-state index is 5.30. The third-order valence-corrected chi connectivity index (χ3v) is 4.99. The van der Waals surface area contributed by atoms with Crippen LogP contribution in [0.2, 0.25) is 0 Å². The maximum Gasteiger partial charge on any atom is 0.144 e. The first-order chi connectivity index (χ1) is 9.11. The van der Waals surface area contributed by atoms with Gasteiger partial charge < -0.3 is 4.98 Å². The molecule has 0 saturated carbocycles. The van der Waals surface area contributed by atoms with E-state index < -0.39 is 0 Å². The van der Waals surface area contributed by atoms with Gasteiger partial charge in [0.05, 0.1) is 4.47 Å². The van der Waals surface area contributed by atoms with Crippen LogP contribution in [0.25, 0.3) is 0 Å². The zero-order valence-electron chi connectivity index (χ0n) is 10.5. The van der Waals surface area contributed by atoms with Crippen molar-refractivity contribution in [2.45, 2.75) is 26.2 Å². The number of nitrogens with one attached hydrogen (secondary N) is 1. The van der Waals surface area contributed by atoms with Crippen molar-refractivity contribution in [3.8, 4) is 0 Å². The minimum Gasteiger partial charge on any atom is -0.346 e. The number of aryl methyl sites for hydroxylation is 1. The molecule has 1 heterocycles. The monoisotopic (exact) mass is 400 g/mol. The number of hydrogen-bond acceptors (Lipinski definition) is 2. The summed E-state index contributed by atoms with van der Waals surface area (Å²) >= 11 is 12.4. The largest absolute Gasteiger partial charge is 0.346 e. The summed E-state index contributed by atoms with van der Waals surface area (Å²) in [6, 6.07) is 8.16. The number of aromatic amines is 1. The highest BCUT2D eigenvalue weighted by Gasteiger charge is 2.07. The van der Waals surface area contributed by atoms with Crippen molar-refractivity contribution in [3.63, 3.8) is 0 Å². The van der Waals surface area contributed by atoms with Gasteiger partial charge in [0.2, 0.25) is 0 Å². The molecule has 0 aliphatic rings. The highest BCUT2D eigenvalue weighted by Crippen LogP contribution is 2.21. The Balaban J connectivity index is 2.36. The van der Waals surface area contributed by atoms with E-state index in [0.717, 1.165) is 39.7 Å². The Hall–Kier alpha value is -0.520. The van der Waals surface area contributed by atoms with E-state index in [-0.39, 0.29) is 0 Å². The van der Waals surface area contributed by atoms with E-state index >= 15 is 0 Å². The van der Waals surface area contributed by atoms with Crippen LogP contribution < -0.4 is 0 Å². The molecule has 0 spiro atoms. The number of nitrogens with zero attached hydrogens (tertiary/aromatic N) is 1. The number of hydrogen-bond donors (Lipinski definition) is 1. The zero-order valence-corrected chi connectivity index (χ0v) is 14.5. The summed E-state index contributed by atoms with van der Waals surface area (Å²) in [5.41, 5.74) is 2.33. The van der Waals surface area contributed by atoms with Crippen LogP contribution in [-0.4, -0.2) is 9.97 Å². The lowest BCUT2D eigenvalue weighted by Gasteiger charge is -2.09. The molecule has 1 N–H and O–H groups in total. The van der Waals surface area contributed by atoms with Crippen LogP contribution in [0.1, 0.15) is 30.4 Å². The fourth-order valence-corrected chi connectivity index (χ4v) is 2.93. The Bertz CT molecular complexity index is 638. The number of rotatable bonds is 4. The molecular formula is C14H14Br2N2S. The lowest BCUT2D eigenvalue weighted by Crippen LogP contribution is -2.03. The van der Waals surface area contributed by atoms with Gasteiger partial charge in [0, 0.05) is 16.6 Å². The summed E-state index contributed by atoms with van der Waals surface area (Å²) in [5.74, 6) is 0.906. The molecule has 100 valence electrons. The lowest BCUT2D eigenvalue weighted by atomic mass is 10.1. The van der Waals surface area contributed by atoms with Crippen LogP contribution in [0.15, 0.2) is 33.2 Å². The minimum absolute atomic E-state index is 0.629. The molecule has 0 atom stereocenters. The van der Waals surface area contributed by atoms with Crippen LogP contribution in [0.5, 0.6) is 0 Å². The molecule has 2 nitrogen and oxygen atoms in total. The second-order valence-corrected chi connectivity index (χ2v) is 6.33. The minimum atomic E-state index is 0.629. The summed E-state index contributed by atoms with van der Waals surface area (Å²) in [5, 5.41) is 0. The quantitative estimate of drug-likeness (QED) is 0.712. The van der Waals surface area contributed by atoms with E-state index in [9.17, 15) is 0 Å². The molecule has 2 aromatic rings. The predicted molar refractivity (Wildman–Crippen MR) is 88.1 cm³/mol. The van der Waals surface area contributed by atoms with Crippen LogP contribution in [-0.2, 0) is 12.8 Å². The normalized spacial score (nSPS) is 10.7. The first kappa shape index (κ1) is 14.9. The molecular weight excluding hydrogens is 388 g/mol. The van der Waals surface area contributed by atoms with Crippen molar-refractivity contribution >= 4 is 44.1 Å². The molecule has 1 aromatic carbocycles. The van der Waals surface area contributed by atoms with Gasteiger partial charge in [-0.2, -0.15) is 0 Å². The standard InChI is InChI=1S/C14H14Br2N2S/c1-2-5-11-13(16)14(19)18-12(17-11)8-9-6-3-4-7-10(9)15/h3-4,6-7H,2,5,8H2,1H3,(H,17,18,19). The van der Waals surface area contributed by atoms with Crippen molar-refractivity contribution in [1.82, 2.24) is 9.97 Å². The van der Waals surface area contributed by atoms with E-state index in [1.165, 1.54) is 5.56 Å². The first-order valence-corrected chi connectivity index (χ1v) is 8.12. The fourth-order valence-electron chi connectivity index (χ4n) is 1.89. The molecule has 2 rings (SSSR count). The van der Waals surface area contributed by atoms with Crippen LogP contribution >= 0.6 is 44.1 Å². The molecule has 0 amide bonds. The second kappa shape index (κ2) is 6.77. The van der Waals surface area contributed by atoms with Gasteiger partial charge in [-0.25, -0.2) is 4.98 Å². The summed E-state index contributed by atoms with van der Waals surface area (Å²) in [7, 11) is 0. The highest BCUT2D eigenvalue weighted by atomic mass is 79.9. The van der Waals surface area contributed by atoms with Crippen molar-refractivity contribution < 1.29 is 0 Å². The van der Waals surface area contributed by atoms with Crippen molar-refractivity contribution in [1.29, 1.82) is 0 Å². The molecule has 0 aliphatic carbocycles. The Labute approximate surface area is 134 Å². The smallest absolute Gasteiger partial charge is 0.144 e. The molecule has 0 radical (unpaired) electrons. The molecule has 0 unspecified atom stereocenters. The highest BCUT2D eigenvalue weighted by molar-refractivity contribution is 9.10. The number of H-pyrrole nitrogens is 1. The SMILES string of the molecule is CCCc1[nH]c(Cc2ccccc2Br)nc(=S)c1Br. The third-order valence-electron chi connectivity index (χ3n) is 2.80. The van der Waals surface area contributed by atoms with E-state index in [2.05, 4.69) is 54.8 Å². The third kappa shape index (κ3) is 3.74. The van der Waals surface area contributed by atoms with E-state index in [1.54, 1.807) is 0 Å². The zero-order chi connectivity index (χ0) is 13.8. The van der Waals surface area contributed by atoms with Crippen molar-refractivity contribution in [2.75, 3.05) is 0 Å². The number of aromatic nitrogens is 2. The van der Waals surface area contributed by atoms with Gasteiger partial charge in [-0.05, 0) is 34.0 Å². The van der Waals surface area contributed by atoms with Crippen molar-refractivity contribution in [3.05, 3.63) is 54.9 Å². The van der Waals surface area contributed by atoms with Crippen molar-refractivity contribution in [2.24, 2.45) is 0 Å². The summed E-state index contributed by atoms with van der Waals surface area (Å²) < 4.78 is 2.64. The number of benzene rings is 1. The molecule has 0 bridgehead atoms. The maximum absolute atomic E-state index is 5.30. The van der Waals surface area contributed by atoms with Gasteiger partial charge in [0.1, 0.15) is 10.5 Å². The van der Waals surface area contributed by atoms with Crippen LogP contribution in [0.4, 0.5) is 0 Å². The number of halogens is 2. The Morgan fingerprint density at radius 3 is 2.68 bits per heavy atom. The second-order valence-electron chi connectivity index (χ2n) is 4.30. The molecule has 19 heavy (non-hydrogen) atoms. The van der Waals surface area contributed by atoms with E-state index in [0.29, 0.717) is 4.64 Å². The molecule has 0 fully saturated rings. The summed E-state index contributed by atoms with van der Waals surface area (Å²) in [6.45, 7) is 2.15. The summed E-state index contributed by atoms with van der Waals surface area (Å²) in [4.78, 5) is 7.83. The summed E-state index contributed by atoms with van der Waals surface area (Å²) in [6.07, 6.45) is 2.78. The lowest BCUT2D eigenvalue weighted by molar-refractivity contribution is 0.829. The topological polar surface area (TPSA) is 28.7 Å². The average Bonchev–Trinajstić information content (AvgIpc) is 2.38. The molecule has 5 heteroatoms.